The number of aliphatic hydroxyl groups is 1. The summed E-state index contributed by atoms with van der Waals surface area (Å²) in [5.41, 5.74) is 0. The summed E-state index contributed by atoms with van der Waals surface area (Å²) >= 11 is 13.4. The van der Waals surface area contributed by atoms with Crippen molar-refractivity contribution in [1.29, 1.82) is 0 Å². The zero-order valence-electron chi connectivity index (χ0n) is 10.9. The van der Waals surface area contributed by atoms with Gasteiger partial charge < -0.3 is 14.6 Å². The summed E-state index contributed by atoms with van der Waals surface area (Å²) in [6, 6.07) is 5.27. The van der Waals surface area contributed by atoms with Crippen LogP contribution in [0.1, 0.15) is 6.92 Å². The minimum absolute atomic E-state index is 0.0283. The molecule has 0 saturated heterocycles. The molecule has 108 valence electrons. The first-order valence-electron chi connectivity index (χ1n) is 5.89. The molecule has 0 bridgehead atoms. The second-order valence-corrected chi connectivity index (χ2v) is 6.04. The Morgan fingerprint density at radius 1 is 1.32 bits per heavy atom. The number of rotatable bonds is 8. The van der Waals surface area contributed by atoms with Gasteiger partial charge in [0.1, 0.15) is 0 Å². The van der Waals surface area contributed by atoms with Crippen LogP contribution in [0, 0.1) is 0 Å². The molecule has 0 aliphatic heterocycles. The third kappa shape index (κ3) is 6.84. The summed E-state index contributed by atoms with van der Waals surface area (Å²) in [5, 5.41) is 11.1. The number of benzene rings is 1. The molecule has 0 radical (unpaired) electrons. The van der Waals surface area contributed by atoms with Crippen molar-refractivity contribution in [1.82, 2.24) is 0 Å². The molecule has 3 nitrogen and oxygen atoms in total. The molecule has 0 amide bonds. The van der Waals surface area contributed by atoms with Gasteiger partial charge in [-0.25, -0.2) is 0 Å². The Balaban J connectivity index is 2.33. The van der Waals surface area contributed by atoms with E-state index in [9.17, 15) is 5.11 Å². The zero-order chi connectivity index (χ0) is 14.3. The summed E-state index contributed by atoms with van der Waals surface area (Å²) in [4.78, 5) is 0.859. The Hall–Kier alpha value is 0.0300. The predicted molar refractivity (Wildman–Crippen MR) is 80.5 cm³/mol. The van der Waals surface area contributed by atoms with E-state index in [4.69, 9.17) is 32.7 Å². The Labute approximate surface area is 128 Å². The van der Waals surface area contributed by atoms with Gasteiger partial charge in [-0.15, -0.1) is 11.8 Å². The number of methoxy groups -OCH3 is 1. The lowest BCUT2D eigenvalue weighted by Crippen LogP contribution is -2.24. The lowest BCUT2D eigenvalue weighted by atomic mass is 10.4. The molecule has 2 atom stereocenters. The van der Waals surface area contributed by atoms with Crippen LogP contribution >= 0.6 is 35.0 Å². The van der Waals surface area contributed by atoms with Gasteiger partial charge in [-0.3, -0.25) is 0 Å². The molecular formula is C13H18Cl2O3S. The summed E-state index contributed by atoms with van der Waals surface area (Å²) in [6.07, 6.45) is -0.584. The molecule has 1 rings (SSSR count). The Kier molecular flexibility index (Phi) is 8.14. The van der Waals surface area contributed by atoms with E-state index >= 15 is 0 Å². The van der Waals surface area contributed by atoms with Crippen LogP contribution in [0.4, 0.5) is 0 Å². The average molecular weight is 325 g/mol. The summed E-state index contributed by atoms with van der Waals surface area (Å²) in [7, 11) is 1.62. The SMILES string of the molecule is COCC(C)OCC(O)CSc1cc(Cl)ccc1Cl. The summed E-state index contributed by atoms with van der Waals surface area (Å²) in [5.74, 6) is 0.500. The first kappa shape index (κ1) is 17.1. The highest BCUT2D eigenvalue weighted by molar-refractivity contribution is 7.99. The molecule has 1 aromatic carbocycles. The maximum absolute atomic E-state index is 9.83. The molecule has 6 heteroatoms. The van der Waals surface area contributed by atoms with Crippen molar-refractivity contribution in [2.75, 3.05) is 26.1 Å². The number of ether oxygens (including phenoxy) is 2. The normalized spacial score (nSPS) is 14.4. The van der Waals surface area contributed by atoms with E-state index in [2.05, 4.69) is 0 Å². The van der Waals surface area contributed by atoms with Crippen LogP contribution in [0.2, 0.25) is 10.0 Å². The second kappa shape index (κ2) is 9.06. The lowest BCUT2D eigenvalue weighted by molar-refractivity contribution is -0.0257. The van der Waals surface area contributed by atoms with Crippen molar-refractivity contribution < 1.29 is 14.6 Å². The van der Waals surface area contributed by atoms with Gasteiger partial charge in [0, 0.05) is 22.8 Å². The molecule has 0 aliphatic rings. The van der Waals surface area contributed by atoms with Crippen LogP contribution in [0.3, 0.4) is 0 Å². The van der Waals surface area contributed by atoms with E-state index in [0.29, 0.717) is 22.4 Å². The molecule has 0 spiro atoms. The number of hydrogen-bond donors (Lipinski definition) is 1. The van der Waals surface area contributed by atoms with Crippen molar-refractivity contribution in [2.24, 2.45) is 0 Å². The van der Waals surface area contributed by atoms with Crippen molar-refractivity contribution in [2.45, 2.75) is 24.0 Å². The Morgan fingerprint density at radius 2 is 2.05 bits per heavy atom. The van der Waals surface area contributed by atoms with Gasteiger partial charge in [0.15, 0.2) is 0 Å². The highest BCUT2D eigenvalue weighted by atomic mass is 35.5. The molecule has 2 unspecified atom stereocenters. The fraction of sp³-hybridized carbons (Fsp3) is 0.538. The number of thioether (sulfide) groups is 1. The summed E-state index contributed by atoms with van der Waals surface area (Å²) in [6.45, 7) is 2.69. The van der Waals surface area contributed by atoms with Gasteiger partial charge in [-0.2, -0.15) is 0 Å². The molecule has 1 aromatic rings. The minimum atomic E-state index is -0.556. The molecule has 19 heavy (non-hydrogen) atoms. The van der Waals surface area contributed by atoms with E-state index in [-0.39, 0.29) is 12.7 Å². The highest BCUT2D eigenvalue weighted by Gasteiger charge is 2.10. The third-order valence-electron chi connectivity index (χ3n) is 2.30. The predicted octanol–water partition coefficient (Wildman–Crippen LogP) is 3.50. The minimum Gasteiger partial charge on any atom is -0.390 e. The van der Waals surface area contributed by atoms with Crippen molar-refractivity contribution in [3.05, 3.63) is 28.2 Å². The van der Waals surface area contributed by atoms with Crippen molar-refractivity contribution in [3.63, 3.8) is 0 Å². The molecule has 0 fully saturated rings. The molecular weight excluding hydrogens is 307 g/mol. The Bertz CT molecular complexity index is 390. The van der Waals surface area contributed by atoms with Crippen LogP contribution in [0.25, 0.3) is 0 Å². The maximum atomic E-state index is 9.83. The molecule has 0 saturated carbocycles. The highest BCUT2D eigenvalue weighted by Crippen LogP contribution is 2.30. The monoisotopic (exact) mass is 324 g/mol. The van der Waals surface area contributed by atoms with Gasteiger partial charge in [0.05, 0.1) is 30.4 Å². The fourth-order valence-corrected chi connectivity index (χ4v) is 2.78. The third-order valence-corrected chi connectivity index (χ3v) is 4.18. The standard InChI is InChI=1S/C13H18Cl2O3S/c1-9(6-17-2)18-7-11(16)8-19-13-5-10(14)3-4-12(13)15/h3-5,9,11,16H,6-8H2,1-2H3. The second-order valence-electron chi connectivity index (χ2n) is 4.14. The first-order valence-corrected chi connectivity index (χ1v) is 7.63. The van der Waals surface area contributed by atoms with Gasteiger partial charge >= 0.3 is 0 Å². The number of halogens is 2. The van der Waals surface area contributed by atoms with Gasteiger partial charge in [0.25, 0.3) is 0 Å². The Morgan fingerprint density at radius 3 is 2.74 bits per heavy atom. The van der Waals surface area contributed by atoms with Crippen molar-refractivity contribution in [3.8, 4) is 0 Å². The van der Waals surface area contributed by atoms with Crippen LogP contribution in [-0.4, -0.2) is 43.4 Å². The van der Waals surface area contributed by atoms with E-state index < -0.39 is 6.10 Å². The maximum Gasteiger partial charge on any atom is 0.0867 e. The van der Waals surface area contributed by atoms with Crippen LogP contribution in [0.15, 0.2) is 23.1 Å². The molecule has 0 heterocycles. The van der Waals surface area contributed by atoms with Gasteiger partial charge in [-0.1, -0.05) is 23.2 Å². The van der Waals surface area contributed by atoms with Crippen LogP contribution < -0.4 is 0 Å². The van der Waals surface area contributed by atoms with E-state index in [1.54, 1.807) is 25.3 Å². The number of aliphatic hydroxyl groups excluding tert-OH is 1. The fourth-order valence-electron chi connectivity index (χ4n) is 1.38. The van der Waals surface area contributed by atoms with Crippen LogP contribution in [-0.2, 0) is 9.47 Å². The van der Waals surface area contributed by atoms with Crippen LogP contribution in [0.5, 0.6) is 0 Å². The number of hydrogen-bond acceptors (Lipinski definition) is 4. The van der Waals surface area contributed by atoms with E-state index in [0.717, 1.165) is 4.90 Å². The van der Waals surface area contributed by atoms with Gasteiger partial charge in [0.2, 0.25) is 0 Å². The van der Waals surface area contributed by atoms with E-state index in [1.807, 2.05) is 6.92 Å². The first-order chi connectivity index (χ1) is 9.02. The lowest BCUT2D eigenvalue weighted by Gasteiger charge is -2.15. The molecule has 0 aromatic heterocycles. The van der Waals surface area contributed by atoms with Crippen molar-refractivity contribution >= 4 is 35.0 Å². The zero-order valence-corrected chi connectivity index (χ0v) is 13.3. The smallest absolute Gasteiger partial charge is 0.0867 e. The van der Waals surface area contributed by atoms with E-state index in [1.165, 1.54) is 11.8 Å². The quantitative estimate of drug-likeness (QED) is 0.743. The average Bonchev–Trinajstić information content (AvgIpc) is 2.38. The molecule has 0 aliphatic carbocycles. The topological polar surface area (TPSA) is 38.7 Å². The largest absolute Gasteiger partial charge is 0.390 e. The van der Waals surface area contributed by atoms with Gasteiger partial charge in [-0.05, 0) is 25.1 Å². The molecule has 1 N–H and O–H groups in total. The summed E-state index contributed by atoms with van der Waals surface area (Å²) < 4.78 is 10.4.